The minimum atomic E-state index is -0.946. The molecule has 1 N–H and O–H groups in total. The first kappa shape index (κ1) is 13.1. The lowest BCUT2D eigenvalue weighted by atomic mass is 9.88. The van der Waals surface area contributed by atoms with Crippen molar-refractivity contribution in [3.63, 3.8) is 0 Å². The molecule has 2 unspecified atom stereocenters. The lowest BCUT2D eigenvalue weighted by Gasteiger charge is -2.28. The second-order valence-electron chi connectivity index (χ2n) is 5.04. The zero-order valence-electron chi connectivity index (χ0n) is 10.9. The van der Waals surface area contributed by atoms with E-state index in [1.807, 2.05) is 0 Å². The Morgan fingerprint density at radius 3 is 2.94 bits per heavy atom. The third-order valence-corrected chi connectivity index (χ3v) is 3.76. The molecule has 0 spiro atoms. The fourth-order valence-electron chi connectivity index (χ4n) is 2.53. The molecule has 1 fully saturated rings. The van der Waals surface area contributed by atoms with Gasteiger partial charge in [0.15, 0.2) is 0 Å². The van der Waals surface area contributed by atoms with Gasteiger partial charge in [-0.25, -0.2) is 4.79 Å². The number of carboxylic acids is 1. The van der Waals surface area contributed by atoms with Crippen molar-refractivity contribution in [2.45, 2.75) is 45.3 Å². The Balaban J connectivity index is 2.01. The van der Waals surface area contributed by atoms with Crippen LogP contribution in [0.15, 0.2) is 6.20 Å². The van der Waals surface area contributed by atoms with Crippen LogP contribution in [0.3, 0.4) is 0 Å². The first-order valence-electron chi connectivity index (χ1n) is 6.45. The topological polar surface area (TPSA) is 64.3 Å². The third-order valence-electron chi connectivity index (χ3n) is 3.76. The summed E-state index contributed by atoms with van der Waals surface area (Å²) in [6.45, 7) is 2.53. The summed E-state index contributed by atoms with van der Waals surface area (Å²) in [4.78, 5) is 11.0. The van der Waals surface area contributed by atoms with Crippen molar-refractivity contribution >= 4 is 5.97 Å². The summed E-state index contributed by atoms with van der Waals surface area (Å²) in [5, 5.41) is 13.0. The van der Waals surface area contributed by atoms with Crippen LogP contribution < -0.4 is 0 Å². The highest BCUT2D eigenvalue weighted by molar-refractivity contribution is 5.88. The fraction of sp³-hybridized carbons (Fsp3) is 0.692. The van der Waals surface area contributed by atoms with E-state index in [1.54, 1.807) is 11.7 Å². The number of carboxylic acid groups (broad SMARTS) is 1. The average molecular weight is 252 g/mol. The van der Waals surface area contributed by atoms with E-state index in [4.69, 9.17) is 9.84 Å². The zero-order valence-corrected chi connectivity index (χ0v) is 10.9. The molecule has 0 saturated heterocycles. The Morgan fingerprint density at radius 1 is 1.56 bits per heavy atom. The van der Waals surface area contributed by atoms with E-state index < -0.39 is 5.97 Å². The van der Waals surface area contributed by atoms with Crippen LogP contribution in [-0.4, -0.2) is 27.0 Å². The molecule has 100 valence electrons. The number of aryl methyl sites for hydroxylation is 1. The van der Waals surface area contributed by atoms with Gasteiger partial charge in [0, 0.05) is 7.05 Å². The largest absolute Gasteiger partial charge is 0.478 e. The summed E-state index contributed by atoms with van der Waals surface area (Å²) in [7, 11) is 1.75. The molecular weight excluding hydrogens is 232 g/mol. The molecule has 0 bridgehead atoms. The average Bonchev–Trinajstić information content (AvgIpc) is 2.70. The minimum Gasteiger partial charge on any atom is -0.478 e. The monoisotopic (exact) mass is 252 g/mol. The van der Waals surface area contributed by atoms with Crippen molar-refractivity contribution in [2.75, 3.05) is 0 Å². The Morgan fingerprint density at radius 2 is 2.28 bits per heavy atom. The maximum absolute atomic E-state index is 11.0. The van der Waals surface area contributed by atoms with Gasteiger partial charge in [-0.2, -0.15) is 5.10 Å². The van der Waals surface area contributed by atoms with Gasteiger partial charge in [-0.15, -0.1) is 0 Å². The normalized spacial score (nSPS) is 24.1. The summed E-state index contributed by atoms with van der Waals surface area (Å²) in [5.41, 5.74) is 0.876. The number of carbonyl (C=O) groups is 1. The van der Waals surface area contributed by atoms with Gasteiger partial charge in [0.2, 0.25) is 0 Å². The lowest BCUT2D eigenvalue weighted by molar-refractivity contribution is -0.0182. The van der Waals surface area contributed by atoms with Crippen molar-refractivity contribution in [1.29, 1.82) is 0 Å². The molecule has 0 radical (unpaired) electrons. The van der Waals surface area contributed by atoms with Gasteiger partial charge in [0.05, 0.1) is 24.6 Å². The fourth-order valence-corrected chi connectivity index (χ4v) is 2.53. The Hall–Kier alpha value is -1.36. The predicted octanol–water partition coefficient (Wildman–Crippen LogP) is 2.21. The van der Waals surface area contributed by atoms with E-state index in [0.717, 1.165) is 6.42 Å². The van der Waals surface area contributed by atoms with E-state index in [1.165, 1.54) is 25.5 Å². The van der Waals surface area contributed by atoms with Gasteiger partial charge in [-0.3, -0.25) is 4.68 Å². The van der Waals surface area contributed by atoms with E-state index in [2.05, 4.69) is 12.0 Å². The number of aromatic nitrogens is 2. The first-order valence-corrected chi connectivity index (χ1v) is 6.45. The van der Waals surface area contributed by atoms with Gasteiger partial charge in [-0.1, -0.05) is 19.8 Å². The van der Waals surface area contributed by atoms with Crippen LogP contribution in [0.25, 0.3) is 0 Å². The standard InChI is InChI=1S/C13H20N2O3/c1-9-5-3-4-6-12(9)18-8-11-10(13(16)17)7-14-15(11)2/h7,9,12H,3-6,8H2,1-2H3,(H,16,17). The molecule has 1 aromatic heterocycles. The van der Waals surface area contributed by atoms with Gasteiger partial charge >= 0.3 is 5.97 Å². The molecule has 0 aliphatic heterocycles. The van der Waals surface area contributed by atoms with Crippen LogP contribution in [0, 0.1) is 5.92 Å². The van der Waals surface area contributed by atoms with Crippen LogP contribution in [-0.2, 0) is 18.4 Å². The Labute approximate surface area is 107 Å². The lowest BCUT2D eigenvalue weighted by Crippen LogP contribution is -2.26. The van der Waals surface area contributed by atoms with Crippen molar-refractivity contribution in [2.24, 2.45) is 13.0 Å². The van der Waals surface area contributed by atoms with E-state index in [0.29, 0.717) is 18.2 Å². The predicted molar refractivity (Wildman–Crippen MR) is 66.4 cm³/mol. The Kier molecular flexibility index (Phi) is 4.01. The molecule has 5 heteroatoms. The number of aromatic carboxylic acids is 1. The van der Waals surface area contributed by atoms with E-state index in [9.17, 15) is 4.79 Å². The first-order chi connectivity index (χ1) is 8.59. The smallest absolute Gasteiger partial charge is 0.339 e. The van der Waals surface area contributed by atoms with Crippen LogP contribution in [0.5, 0.6) is 0 Å². The molecule has 0 amide bonds. The summed E-state index contributed by atoms with van der Waals surface area (Å²) in [5.74, 6) is -0.390. The molecule has 1 aliphatic carbocycles. The highest BCUT2D eigenvalue weighted by Crippen LogP contribution is 2.27. The van der Waals surface area contributed by atoms with Crippen molar-refractivity contribution in [3.8, 4) is 0 Å². The van der Waals surface area contributed by atoms with E-state index >= 15 is 0 Å². The summed E-state index contributed by atoms with van der Waals surface area (Å²) < 4.78 is 7.47. The number of hydrogen-bond donors (Lipinski definition) is 1. The summed E-state index contributed by atoms with van der Waals surface area (Å²) in [6, 6.07) is 0. The van der Waals surface area contributed by atoms with Gasteiger partial charge in [0.25, 0.3) is 0 Å². The maximum Gasteiger partial charge on any atom is 0.339 e. The van der Waals surface area contributed by atoms with Crippen LogP contribution in [0.4, 0.5) is 0 Å². The molecule has 1 aromatic rings. The van der Waals surface area contributed by atoms with Crippen molar-refractivity contribution < 1.29 is 14.6 Å². The van der Waals surface area contributed by atoms with Crippen LogP contribution in [0.1, 0.15) is 48.7 Å². The molecule has 1 heterocycles. The molecule has 2 rings (SSSR count). The minimum absolute atomic E-state index is 0.237. The quantitative estimate of drug-likeness (QED) is 0.892. The molecule has 18 heavy (non-hydrogen) atoms. The molecular formula is C13H20N2O3. The molecule has 1 aliphatic rings. The molecule has 2 atom stereocenters. The van der Waals surface area contributed by atoms with Crippen LogP contribution >= 0.6 is 0 Å². The third kappa shape index (κ3) is 2.72. The number of ether oxygens (including phenoxy) is 1. The summed E-state index contributed by atoms with van der Waals surface area (Å²) >= 11 is 0. The van der Waals surface area contributed by atoms with Gasteiger partial charge in [-0.05, 0) is 18.8 Å². The molecule has 0 aromatic carbocycles. The second kappa shape index (κ2) is 5.52. The maximum atomic E-state index is 11.0. The van der Waals surface area contributed by atoms with Crippen molar-refractivity contribution in [1.82, 2.24) is 9.78 Å². The Bertz CT molecular complexity index is 428. The van der Waals surface area contributed by atoms with Crippen LogP contribution in [0.2, 0.25) is 0 Å². The highest BCUT2D eigenvalue weighted by atomic mass is 16.5. The second-order valence-corrected chi connectivity index (χ2v) is 5.04. The number of hydrogen-bond acceptors (Lipinski definition) is 3. The zero-order chi connectivity index (χ0) is 13.1. The summed E-state index contributed by atoms with van der Waals surface area (Å²) in [6.07, 6.45) is 6.36. The molecule has 5 nitrogen and oxygen atoms in total. The highest BCUT2D eigenvalue weighted by Gasteiger charge is 2.23. The number of nitrogens with zero attached hydrogens (tertiary/aromatic N) is 2. The molecule has 1 saturated carbocycles. The number of rotatable bonds is 4. The van der Waals surface area contributed by atoms with Gasteiger partial charge in [0.1, 0.15) is 5.56 Å². The van der Waals surface area contributed by atoms with E-state index in [-0.39, 0.29) is 11.7 Å². The SMILES string of the molecule is CC1CCCCC1OCc1c(C(=O)O)cnn1C. The van der Waals surface area contributed by atoms with Gasteiger partial charge < -0.3 is 9.84 Å². The van der Waals surface area contributed by atoms with Crippen molar-refractivity contribution in [3.05, 3.63) is 17.5 Å².